The molecule has 2 aromatic rings. The lowest BCUT2D eigenvalue weighted by Crippen LogP contribution is -2.77. The topological polar surface area (TPSA) is 175 Å². The summed E-state index contributed by atoms with van der Waals surface area (Å²) in [7, 11) is 2.89. The molecular weight excluding hydrogens is 572 g/mol. The molecular formula is C28H25BrN2O8. The lowest BCUT2D eigenvalue weighted by molar-refractivity contribution is -0.192. The van der Waals surface area contributed by atoms with E-state index < -0.39 is 76.2 Å². The number of ketones is 4. The Morgan fingerprint density at radius 3 is 2.28 bits per heavy atom. The smallest absolute Gasteiger partial charge is 0.235 e. The Labute approximate surface area is 231 Å². The maximum atomic E-state index is 14.1. The fourth-order valence-corrected chi connectivity index (χ4v) is 6.67. The Morgan fingerprint density at radius 1 is 1.05 bits per heavy atom. The lowest BCUT2D eigenvalue weighted by Gasteiger charge is -2.55. The van der Waals surface area contributed by atoms with Crippen LogP contribution in [0.15, 0.2) is 46.9 Å². The highest BCUT2D eigenvalue weighted by atomic mass is 79.9. The number of amides is 1. The van der Waals surface area contributed by atoms with Gasteiger partial charge in [0.1, 0.15) is 5.75 Å². The number of primary amides is 1. The number of nitrogens with two attached hydrogens (primary N) is 1. The summed E-state index contributed by atoms with van der Waals surface area (Å²) in [5, 5.41) is 34.2. The van der Waals surface area contributed by atoms with E-state index in [-0.39, 0.29) is 11.1 Å². The average molecular weight is 597 g/mol. The van der Waals surface area contributed by atoms with Gasteiger partial charge >= 0.3 is 0 Å². The third kappa shape index (κ3) is 3.75. The van der Waals surface area contributed by atoms with Crippen molar-refractivity contribution in [2.45, 2.75) is 17.7 Å². The van der Waals surface area contributed by atoms with Crippen molar-refractivity contribution in [2.24, 2.45) is 29.4 Å². The zero-order valence-electron chi connectivity index (χ0n) is 20.9. The third-order valence-corrected chi connectivity index (χ3v) is 8.59. The highest BCUT2D eigenvalue weighted by molar-refractivity contribution is 9.10. The number of aliphatic hydroxyl groups excluding tert-OH is 1. The van der Waals surface area contributed by atoms with E-state index in [4.69, 9.17) is 5.73 Å². The SMILES string of the molecule is CN(C)[C@@H]1C(=O)C(C(N)=O)C(=O)[C@@]2(O)C(=O)C3C(=O)c4c(O)cccc4/C(=C\c4ccc(Br)cc4)[C@H]3[C@H](O)[C@@H]12. The minimum absolute atomic E-state index is 0.195. The maximum Gasteiger partial charge on any atom is 0.235 e. The number of hydrogen-bond acceptors (Lipinski definition) is 9. The second kappa shape index (κ2) is 9.30. The monoisotopic (exact) mass is 596 g/mol. The molecule has 202 valence electrons. The van der Waals surface area contributed by atoms with Gasteiger partial charge in [0, 0.05) is 10.4 Å². The number of carbonyl (C=O) groups excluding carboxylic acids is 5. The molecule has 2 fully saturated rings. The molecule has 3 aliphatic rings. The van der Waals surface area contributed by atoms with Gasteiger partial charge < -0.3 is 21.1 Å². The molecule has 0 aromatic heterocycles. The zero-order chi connectivity index (χ0) is 28.5. The fraction of sp³-hybridized carbons (Fsp3) is 0.321. The van der Waals surface area contributed by atoms with Crippen LogP contribution in [0.2, 0.25) is 0 Å². The van der Waals surface area contributed by atoms with Crippen molar-refractivity contribution in [3.05, 3.63) is 63.6 Å². The molecule has 3 aliphatic carbocycles. The normalized spacial score (nSPS) is 33.1. The van der Waals surface area contributed by atoms with E-state index in [1.54, 1.807) is 36.4 Å². The van der Waals surface area contributed by atoms with E-state index in [0.717, 1.165) is 4.47 Å². The molecule has 2 unspecified atom stereocenters. The van der Waals surface area contributed by atoms with Crippen molar-refractivity contribution < 1.29 is 39.3 Å². The van der Waals surface area contributed by atoms with E-state index in [1.807, 2.05) is 0 Å². The fourth-order valence-electron chi connectivity index (χ4n) is 6.41. The molecule has 7 atom stereocenters. The van der Waals surface area contributed by atoms with Crippen LogP contribution in [0.4, 0.5) is 0 Å². The summed E-state index contributed by atoms with van der Waals surface area (Å²) in [6.45, 7) is 0. The van der Waals surface area contributed by atoms with Gasteiger partial charge in [-0.05, 0) is 49.0 Å². The first-order valence-corrected chi connectivity index (χ1v) is 12.9. The van der Waals surface area contributed by atoms with Crippen LogP contribution in [0.25, 0.3) is 11.6 Å². The molecule has 0 radical (unpaired) electrons. The van der Waals surface area contributed by atoms with Crippen LogP contribution in [-0.2, 0) is 19.2 Å². The number of aromatic hydroxyl groups is 1. The zero-order valence-corrected chi connectivity index (χ0v) is 22.5. The highest BCUT2D eigenvalue weighted by Crippen LogP contribution is 2.54. The number of halogens is 1. The number of carbonyl (C=O) groups is 5. The predicted molar refractivity (Wildman–Crippen MR) is 141 cm³/mol. The van der Waals surface area contributed by atoms with Crippen LogP contribution in [0.1, 0.15) is 21.5 Å². The Kier molecular flexibility index (Phi) is 6.46. The molecule has 1 amide bonds. The lowest BCUT2D eigenvalue weighted by atomic mass is 9.50. The maximum absolute atomic E-state index is 14.1. The average Bonchev–Trinajstić information content (AvgIpc) is 2.86. The first kappa shape index (κ1) is 27.1. The summed E-state index contributed by atoms with van der Waals surface area (Å²) in [5.41, 5.74) is 3.31. The largest absolute Gasteiger partial charge is 0.507 e. The number of rotatable bonds is 3. The van der Waals surface area contributed by atoms with Crippen LogP contribution in [0.5, 0.6) is 5.75 Å². The van der Waals surface area contributed by atoms with Crippen molar-refractivity contribution >= 4 is 56.6 Å². The molecule has 0 aliphatic heterocycles. The molecule has 2 aromatic carbocycles. The van der Waals surface area contributed by atoms with Gasteiger partial charge in [0.25, 0.3) is 0 Å². The number of nitrogens with zero attached hydrogens (tertiary/aromatic N) is 1. The molecule has 0 spiro atoms. The van der Waals surface area contributed by atoms with Gasteiger partial charge in [-0.3, -0.25) is 28.9 Å². The minimum atomic E-state index is -3.05. The van der Waals surface area contributed by atoms with Gasteiger partial charge in [-0.1, -0.05) is 46.3 Å². The van der Waals surface area contributed by atoms with E-state index in [9.17, 15) is 39.3 Å². The van der Waals surface area contributed by atoms with Gasteiger partial charge in [-0.25, -0.2) is 0 Å². The van der Waals surface area contributed by atoms with Gasteiger partial charge in [-0.15, -0.1) is 0 Å². The molecule has 0 saturated heterocycles. The van der Waals surface area contributed by atoms with E-state index in [2.05, 4.69) is 15.9 Å². The van der Waals surface area contributed by atoms with Gasteiger partial charge in [0.2, 0.25) is 5.91 Å². The van der Waals surface area contributed by atoms with E-state index >= 15 is 0 Å². The van der Waals surface area contributed by atoms with Crippen LogP contribution < -0.4 is 5.73 Å². The summed E-state index contributed by atoms with van der Waals surface area (Å²) in [6.07, 6.45) is -0.105. The van der Waals surface area contributed by atoms with Crippen LogP contribution in [-0.4, -0.2) is 81.1 Å². The number of fused-ring (bicyclic) bond motifs is 3. The first-order chi connectivity index (χ1) is 18.3. The minimum Gasteiger partial charge on any atom is -0.507 e. The summed E-state index contributed by atoms with van der Waals surface area (Å²) in [5.74, 6) is -13.2. The molecule has 2 saturated carbocycles. The van der Waals surface area contributed by atoms with E-state index in [0.29, 0.717) is 11.1 Å². The van der Waals surface area contributed by atoms with Gasteiger partial charge in [0.15, 0.2) is 34.7 Å². The number of phenolic OH excluding ortho intramolecular Hbond substituents is 1. The second-order valence-electron chi connectivity index (χ2n) is 10.4. The van der Waals surface area contributed by atoms with Gasteiger partial charge in [0.05, 0.1) is 29.5 Å². The Bertz CT molecular complexity index is 1480. The second-order valence-corrected chi connectivity index (χ2v) is 11.3. The van der Waals surface area contributed by atoms with Gasteiger partial charge in [-0.2, -0.15) is 0 Å². The molecule has 5 N–H and O–H groups in total. The standard InChI is InChI=1S/C28H25BrN2O8/c1-31(2)21-20-23(34)17-14(10-11-6-8-12(29)9-7-11)13-4-3-5-15(32)16(13)22(33)18(17)25(36)28(20,39)26(37)19(24(21)35)27(30)38/h3-10,17-21,23,32,34,39H,1-2H3,(H2,30,38)/b14-10+/t17-,18?,19?,20-,21+,23+,28+/m1/s1. The third-order valence-electron chi connectivity index (χ3n) is 8.06. The van der Waals surface area contributed by atoms with Crippen molar-refractivity contribution in [3.63, 3.8) is 0 Å². The molecule has 0 heterocycles. The number of phenols is 1. The number of likely N-dealkylation sites (N-methyl/N-ethyl adjacent to an activating group) is 1. The van der Waals surface area contributed by atoms with E-state index in [1.165, 1.54) is 31.1 Å². The number of aliphatic hydroxyl groups is 2. The Morgan fingerprint density at radius 2 is 1.69 bits per heavy atom. The Hall–Kier alpha value is -3.51. The summed E-state index contributed by atoms with van der Waals surface area (Å²) in [6, 6.07) is 9.96. The summed E-state index contributed by atoms with van der Waals surface area (Å²) in [4.78, 5) is 68.1. The van der Waals surface area contributed by atoms with Crippen molar-refractivity contribution in [1.82, 2.24) is 4.90 Å². The van der Waals surface area contributed by atoms with Crippen molar-refractivity contribution in [3.8, 4) is 5.75 Å². The Balaban J connectivity index is 1.79. The predicted octanol–water partition coefficient (Wildman–Crippen LogP) is 0.598. The number of Topliss-reactive ketones (excluding diaryl/α,β-unsaturated/α-hetero) is 4. The number of benzene rings is 2. The molecule has 0 bridgehead atoms. The van der Waals surface area contributed by atoms with Crippen LogP contribution in [0, 0.1) is 23.7 Å². The summed E-state index contributed by atoms with van der Waals surface area (Å²) < 4.78 is 0.800. The highest BCUT2D eigenvalue weighted by Gasteiger charge is 2.72. The molecule has 10 nitrogen and oxygen atoms in total. The van der Waals surface area contributed by atoms with Crippen molar-refractivity contribution in [1.29, 1.82) is 0 Å². The molecule has 11 heteroatoms. The molecule has 39 heavy (non-hydrogen) atoms. The van der Waals surface area contributed by atoms with Crippen LogP contribution in [0.3, 0.4) is 0 Å². The molecule has 5 rings (SSSR count). The van der Waals surface area contributed by atoms with Crippen LogP contribution >= 0.6 is 15.9 Å². The first-order valence-electron chi connectivity index (χ1n) is 12.1. The van der Waals surface area contributed by atoms with Crippen molar-refractivity contribution in [2.75, 3.05) is 14.1 Å². The number of hydrogen-bond donors (Lipinski definition) is 4. The summed E-state index contributed by atoms with van der Waals surface area (Å²) >= 11 is 3.36. The quantitative estimate of drug-likeness (QED) is 0.369.